The Morgan fingerprint density at radius 1 is 0.971 bits per heavy atom. The lowest BCUT2D eigenvalue weighted by Gasteiger charge is -2.22. The summed E-state index contributed by atoms with van der Waals surface area (Å²) in [5.74, 6) is 1.48. The van der Waals surface area contributed by atoms with Crippen molar-refractivity contribution in [2.45, 2.75) is 40.0 Å². The van der Waals surface area contributed by atoms with Crippen LogP contribution < -0.4 is 5.56 Å². The first-order chi connectivity index (χ1) is 16.6. The quantitative estimate of drug-likeness (QED) is 0.381. The number of benzene rings is 2. The summed E-state index contributed by atoms with van der Waals surface area (Å²) in [5, 5.41) is 13.3. The van der Waals surface area contributed by atoms with Crippen molar-refractivity contribution < 1.29 is 4.42 Å². The number of rotatable bonds is 8. The number of nitrogens with one attached hydrogen (secondary N) is 1. The average molecular weight is 455 g/mol. The summed E-state index contributed by atoms with van der Waals surface area (Å²) in [6.07, 6.45) is 1.64. The first-order valence-electron chi connectivity index (χ1n) is 11.2. The van der Waals surface area contributed by atoms with Crippen LogP contribution in [0.2, 0.25) is 0 Å². The lowest BCUT2D eigenvalue weighted by atomic mass is 10.0. The zero-order valence-electron chi connectivity index (χ0n) is 19.2. The smallest absolute Gasteiger partial charge is 0.252 e. The third kappa shape index (κ3) is 4.67. The van der Waals surface area contributed by atoms with Crippen molar-refractivity contribution >= 4 is 10.9 Å². The molecular formula is C26H26N6O2. The Morgan fingerprint density at radius 3 is 2.59 bits per heavy atom. The molecule has 5 aromatic rings. The highest BCUT2D eigenvalue weighted by Crippen LogP contribution is 2.21. The molecule has 0 unspecified atom stereocenters. The highest BCUT2D eigenvalue weighted by atomic mass is 16.3. The van der Waals surface area contributed by atoms with Gasteiger partial charge in [0.05, 0.1) is 18.3 Å². The summed E-state index contributed by atoms with van der Waals surface area (Å²) in [5.41, 5.74) is 4.87. The van der Waals surface area contributed by atoms with Gasteiger partial charge in [-0.3, -0.25) is 9.69 Å². The number of H-pyrrole nitrogens is 1. The van der Waals surface area contributed by atoms with E-state index < -0.39 is 0 Å². The largest absolute Gasteiger partial charge is 0.467 e. The molecule has 0 spiro atoms. The molecule has 0 aliphatic carbocycles. The Morgan fingerprint density at radius 2 is 1.79 bits per heavy atom. The molecule has 3 heterocycles. The van der Waals surface area contributed by atoms with Gasteiger partial charge in [0, 0.05) is 24.0 Å². The summed E-state index contributed by atoms with van der Waals surface area (Å²) in [7, 11) is 0. The van der Waals surface area contributed by atoms with Gasteiger partial charge in [-0.15, -0.1) is 5.10 Å². The first-order valence-corrected chi connectivity index (χ1v) is 11.2. The van der Waals surface area contributed by atoms with Gasteiger partial charge in [-0.2, -0.15) is 0 Å². The van der Waals surface area contributed by atoms with E-state index in [1.807, 2.05) is 49.4 Å². The number of pyridine rings is 1. The lowest BCUT2D eigenvalue weighted by Crippen LogP contribution is -2.28. The highest BCUT2D eigenvalue weighted by molar-refractivity contribution is 5.85. The van der Waals surface area contributed by atoms with E-state index in [9.17, 15) is 4.79 Å². The van der Waals surface area contributed by atoms with Gasteiger partial charge in [0.2, 0.25) is 0 Å². The van der Waals surface area contributed by atoms with Crippen LogP contribution in [-0.2, 0) is 26.2 Å². The van der Waals surface area contributed by atoms with Crippen LogP contribution in [0.3, 0.4) is 0 Å². The van der Waals surface area contributed by atoms with E-state index in [-0.39, 0.29) is 5.56 Å². The molecule has 5 rings (SSSR count). The molecule has 0 aliphatic rings. The highest BCUT2D eigenvalue weighted by Gasteiger charge is 2.17. The Hall–Kier alpha value is -4.04. The van der Waals surface area contributed by atoms with Gasteiger partial charge >= 0.3 is 0 Å². The van der Waals surface area contributed by atoms with Crippen LogP contribution in [0, 0.1) is 13.8 Å². The molecule has 0 aliphatic heterocycles. The minimum absolute atomic E-state index is 0.0746. The molecule has 2 aromatic carbocycles. The Kier molecular flexibility index (Phi) is 6.05. The Balaban J connectivity index is 1.47. The summed E-state index contributed by atoms with van der Waals surface area (Å²) in [6.45, 7) is 6.11. The standard InChI is InChI=1S/C26H26N6O2/c1-18-10-11-19(2)25-23(18)13-21(26(33)27-25)15-31(14-20-7-4-3-5-8-20)17-24-28-29-30-32(24)16-22-9-6-12-34-22/h3-13H,14-17H2,1-2H3,(H,27,33). The molecule has 8 heteroatoms. The molecule has 34 heavy (non-hydrogen) atoms. The number of tetrazole rings is 1. The molecular weight excluding hydrogens is 428 g/mol. The van der Waals surface area contributed by atoms with E-state index in [0.717, 1.165) is 33.4 Å². The van der Waals surface area contributed by atoms with Crippen LogP contribution in [0.4, 0.5) is 0 Å². The molecule has 0 radical (unpaired) electrons. The van der Waals surface area contributed by atoms with Crippen molar-refractivity contribution in [3.63, 3.8) is 0 Å². The SMILES string of the molecule is Cc1ccc(C)c2[nH]c(=O)c(CN(Cc3ccccc3)Cc3nnnn3Cc3ccco3)cc12. The van der Waals surface area contributed by atoms with E-state index in [2.05, 4.69) is 50.5 Å². The monoisotopic (exact) mass is 454 g/mol. The molecule has 3 aromatic heterocycles. The fourth-order valence-electron chi connectivity index (χ4n) is 4.20. The maximum atomic E-state index is 13.0. The fraction of sp³-hybridized carbons (Fsp3) is 0.231. The molecule has 0 bridgehead atoms. The summed E-state index contributed by atoms with van der Waals surface area (Å²) in [4.78, 5) is 18.3. The average Bonchev–Trinajstić information content (AvgIpc) is 3.51. The van der Waals surface area contributed by atoms with Crippen LogP contribution >= 0.6 is 0 Å². The van der Waals surface area contributed by atoms with Crippen LogP contribution in [0.1, 0.15) is 33.8 Å². The van der Waals surface area contributed by atoms with E-state index in [0.29, 0.717) is 37.6 Å². The van der Waals surface area contributed by atoms with Crippen LogP contribution in [0.15, 0.2) is 76.1 Å². The number of nitrogens with zero attached hydrogens (tertiary/aromatic N) is 5. The number of fused-ring (bicyclic) bond motifs is 1. The van der Waals surface area contributed by atoms with E-state index in [1.54, 1.807) is 10.9 Å². The van der Waals surface area contributed by atoms with Gasteiger partial charge in [0.15, 0.2) is 5.82 Å². The molecule has 0 atom stereocenters. The van der Waals surface area contributed by atoms with Crippen molar-refractivity contribution in [3.8, 4) is 0 Å². The molecule has 8 nitrogen and oxygen atoms in total. The van der Waals surface area contributed by atoms with Gasteiger partial charge in [-0.1, -0.05) is 42.5 Å². The minimum atomic E-state index is -0.0746. The minimum Gasteiger partial charge on any atom is -0.467 e. The second-order valence-electron chi connectivity index (χ2n) is 8.57. The van der Waals surface area contributed by atoms with Crippen LogP contribution in [0.5, 0.6) is 0 Å². The van der Waals surface area contributed by atoms with Crippen molar-refractivity contribution in [3.05, 3.63) is 111 Å². The summed E-state index contributed by atoms with van der Waals surface area (Å²) in [6, 6.07) is 20.1. The molecule has 0 fully saturated rings. The van der Waals surface area contributed by atoms with Crippen LogP contribution in [0.25, 0.3) is 10.9 Å². The maximum Gasteiger partial charge on any atom is 0.252 e. The number of aromatic nitrogens is 5. The Labute approximate surface area is 196 Å². The van der Waals surface area contributed by atoms with E-state index in [4.69, 9.17) is 4.42 Å². The third-order valence-electron chi connectivity index (χ3n) is 6.02. The lowest BCUT2D eigenvalue weighted by molar-refractivity contribution is 0.235. The molecule has 172 valence electrons. The first kappa shape index (κ1) is 21.8. The van der Waals surface area contributed by atoms with Gasteiger partial charge in [-0.05, 0) is 59.2 Å². The predicted molar refractivity (Wildman–Crippen MR) is 129 cm³/mol. The summed E-state index contributed by atoms with van der Waals surface area (Å²) >= 11 is 0. The fourth-order valence-corrected chi connectivity index (χ4v) is 4.20. The van der Waals surface area contributed by atoms with E-state index in [1.165, 1.54) is 0 Å². The van der Waals surface area contributed by atoms with E-state index >= 15 is 0 Å². The molecule has 1 N–H and O–H groups in total. The zero-order valence-corrected chi connectivity index (χ0v) is 19.2. The van der Waals surface area contributed by atoms with Gasteiger partial charge in [0.1, 0.15) is 12.3 Å². The number of aryl methyl sites for hydroxylation is 2. The molecule has 0 saturated carbocycles. The van der Waals surface area contributed by atoms with Crippen molar-refractivity contribution in [1.82, 2.24) is 30.1 Å². The number of furan rings is 1. The second kappa shape index (κ2) is 9.44. The van der Waals surface area contributed by atoms with Crippen LogP contribution in [-0.4, -0.2) is 30.1 Å². The molecule has 0 amide bonds. The Bertz CT molecular complexity index is 1450. The van der Waals surface area contributed by atoms with Crippen molar-refractivity contribution in [2.75, 3.05) is 0 Å². The number of hydrogen-bond donors (Lipinski definition) is 1. The topological polar surface area (TPSA) is 92.8 Å². The van der Waals surface area contributed by atoms with Gasteiger partial charge in [-0.25, -0.2) is 4.68 Å². The van der Waals surface area contributed by atoms with Crippen molar-refractivity contribution in [1.29, 1.82) is 0 Å². The van der Waals surface area contributed by atoms with Crippen molar-refractivity contribution in [2.24, 2.45) is 0 Å². The summed E-state index contributed by atoms with van der Waals surface area (Å²) < 4.78 is 7.19. The zero-order chi connectivity index (χ0) is 23.5. The van der Waals surface area contributed by atoms with Gasteiger partial charge in [0.25, 0.3) is 5.56 Å². The number of hydrogen-bond acceptors (Lipinski definition) is 6. The second-order valence-corrected chi connectivity index (χ2v) is 8.57. The van der Waals surface area contributed by atoms with Gasteiger partial charge < -0.3 is 9.40 Å². The normalized spacial score (nSPS) is 11.5. The maximum absolute atomic E-state index is 13.0. The third-order valence-corrected chi connectivity index (χ3v) is 6.02. The number of aromatic amines is 1. The molecule has 0 saturated heterocycles. The predicted octanol–water partition coefficient (Wildman–Crippen LogP) is 3.98.